The number of carbonyl (C=O) groups is 3. The van der Waals surface area contributed by atoms with Crippen molar-refractivity contribution in [3.05, 3.63) is 30.1 Å². The molecule has 2 amide bonds. The fraction of sp³-hybridized carbons (Fsp3) is 0.429. The van der Waals surface area contributed by atoms with Crippen LogP contribution in [0.1, 0.15) is 23.3 Å². The lowest BCUT2D eigenvalue weighted by Gasteiger charge is -2.30. The maximum absolute atomic E-state index is 11.9. The van der Waals surface area contributed by atoms with Crippen molar-refractivity contribution in [1.82, 2.24) is 9.88 Å². The first kappa shape index (κ1) is 15.0. The Bertz CT molecular complexity index is 524. The number of carbonyl (C=O) groups excluding carboxylic acids is 3. The van der Waals surface area contributed by atoms with Gasteiger partial charge in [-0.05, 0) is 25.0 Å². The minimum absolute atomic E-state index is 0.165. The highest BCUT2D eigenvalue weighted by atomic mass is 16.5. The Hall–Kier alpha value is -2.44. The summed E-state index contributed by atoms with van der Waals surface area (Å²) < 4.78 is 4.93. The van der Waals surface area contributed by atoms with Gasteiger partial charge in [-0.25, -0.2) is 9.78 Å². The van der Waals surface area contributed by atoms with Crippen molar-refractivity contribution in [1.29, 1.82) is 0 Å². The number of rotatable bonds is 4. The van der Waals surface area contributed by atoms with E-state index in [1.807, 2.05) is 0 Å². The van der Waals surface area contributed by atoms with Gasteiger partial charge in [0.05, 0.1) is 0 Å². The number of nitrogens with zero attached hydrogens (tertiary/aromatic N) is 2. The second-order valence-electron chi connectivity index (χ2n) is 4.85. The first-order valence-electron chi connectivity index (χ1n) is 6.73. The van der Waals surface area contributed by atoms with E-state index in [9.17, 15) is 14.4 Å². The molecular formula is C14H17N3O4. The van der Waals surface area contributed by atoms with Gasteiger partial charge in [0.25, 0.3) is 5.91 Å². The number of primary amides is 1. The number of likely N-dealkylation sites (tertiary alicyclic amines) is 1. The van der Waals surface area contributed by atoms with E-state index in [0.29, 0.717) is 25.9 Å². The molecule has 0 unspecified atom stereocenters. The van der Waals surface area contributed by atoms with Crippen LogP contribution >= 0.6 is 0 Å². The van der Waals surface area contributed by atoms with Gasteiger partial charge in [-0.3, -0.25) is 9.59 Å². The molecule has 0 atom stereocenters. The zero-order valence-electron chi connectivity index (χ0n) is 11.5. The molecule has 2 N–H and O–H groups in total. The van der Waals surface area contributed by atoms with Crippen molar-refractivity contribution in [2.75, 3.05) is 19.7 Å². The summed E-state index contributed by atoms with van der Waals surface area (Å²) in [5.74, 6) is -1.41. The summed E-state index contributed by atoms with van der Waals surface area (Å²) in [6.45, 7) is 0.581. The normalized spacial score (nSPS) is 15.5. The highest BCUT2D eigenvalue weighted by molar-refractivity contribution is 5.89. The number of amides is 2. The smallest absolute Gasteiger partial charge is 0.357 e. The number of aromatic nitrogens is 1. The Morgan fingerprint density at radius 1 is 1.29 bits per heavy atom. The topological polar surface area (TPSA) is 103 Å². The van der Waals surface area contributed by atoms with E-state index in [-0.39, 0.29) is 30.0 Å². The SMILES string of the molecule is NC(=O)C1CCN(C(=O)COC(=O)c2ccccn2)CC1. The quantitative estimate of drug-likeness (QED) is 0.784. The third-order valence-corrected chi connectivity index (χ3v) is 3.45. The van der Waals surface area contributed by atoms with E-state index in [1.54, 1.807) is 17.0 Å². The molecule has 1 aromatic rings. The monoisotopic (exact) mass is 291 g/mol. The molecule has 1 aromatic heterocycles. The molecule has 0 bridgehead atoms. The molecule has 1 aliphatic heterocycles. The molecule has 1 saturated heterocycles. The Morgan fingerprint density at radius 2 is 2.00 bits per heavy atom. The van der Waals surface area contributed by atoms with Crippen molar-refractivity contribution in [3.8, 4) is 0 Å². The van der Waals surface area contributed by atoms with Crippen LogP contribution in [0, 0.1) is 5.92 Å². The van der Waals surface area contributed by atoms with E-state index < -0.39 is 5.97 Å². The molecular weight excluding hydrogens is 274 g/mol. The lowest BCUT2D eigenvalue weighted by Crippen LogP contribution is -2.43. The van der Waals surface area contributed by atoms with E-state index in [4.69, 9.17) is 10.5 Å². The van der Waals surface area contributed by atoms with Crippen molar-refractivity contribution >= 4 is 17.8 Å². The third-order valence-electron chi connectivity index (χ3n) is 3.45. The zero-order chi connectivity index (χ0) is 15.2. The van der Waals surface area contributed by atoms with Gasteiger partial charge in [0.1, 0.15) is 5.69 Å². The molecule has 0 aromatic carbocycles. The van der Waals surface area contributed by atoms with Gasteiger partial charge >= 0.3 is 5.97 Å². The summed E-state index contributed by atoms with van der Waals surface area (Å²) >= 11 is 0. The maximum atomic E-state index is 11.9. The molecule has 112 valence electrons. The molecule has 2 rings (SSSR count). The fourth-order valence-corrected chi connectivity index (χ4v) is 2.19. The predicted molar refractivity (Wildman–Crippen MR) is 73.0 cm³/mol. The molecule has 2 heterocycles. The van der Waals surface area contributed by atoms with Gasteiger partial charge < -0.3 is 15.4 Å². The molecule has 0 spiro atoms. The van der Waals surface area contributed by atoms with Gasteiger partial charge in [-0.15, -0.1) is 0 Å². The highest BCUT2D eigenvalue weighted by Gasteiger charge is 2.26. The predicted octanol–water partition coefficient (Wildman–Crippen LogP) is -0.0377. The van der Waals surface area contributed by atoms with E-state index in [2.05, 4.69) is 4.98 Å². The zero-order valence-corrected chi connectivity index (χ0v) is 11.5. The van der Waals surface area contributed by atoms with Crippen molar-refractivity contribution in [3.63, 3.8) is 0 Å². The molecule has 21 heavy (non-hydrogen) atoms. The summed E-state index contributed by atoms with van der Waals surface area (Å²) in [6.07, 6.45) is 2.58. The molecule has 1 aliphatic rings. The van der Waals surface area contributed by atoms with Crippen LogP contribution < -0.4 is 5.73 Å². The third kappa shape index (κ3) is 4.01. The van der Waals surface area contributed by atoms with Crippen molar-refractivity contribution in [2.45, 2.75) is 12.8 Å². The Kier molecular flexibility index (Phi) is 4.86. The number of pyridine rings is 1. The Labute approximate surface area is 122 Å². The average molecular weight is 291 g/mol. The lowest BCUT2D eigenvalue weighted by molar-refractivity contribution is -0.137. The number of ether oxygens (including phenoxy) is 1. The van der Waals surface area contributed by atoms with Crippen LogP contribution in [-0.4, -0.2) is 47.4 Å². The molecule has 1 fully saturated rings. The number of esters is 1. The van der Waals surface area contributed by atoms with Gasteiger partial charge in [0, 0.05) is 25.2 Å². The number of nitrogens with two attached hydrogens (primary N) is 1. The molecule has 0 saturated carbocycles. The van der Waals surface area contributed by atoms with Gasteiger partial charge in [-0.2, -0.15) is 0 Å². The van der Waals surface area contributed by atoms with Crippen LogP contribution in [-0.2, 0) is 14.3 Å². The number of piperidine rings is 1. The second kappa shape index (κ2) is 6.83. The first-order valence-corrected chi connectivity index (χ1v) is 6.73. The minimum Gasteiger partial charge on any atom is -0.451 e. The summed E-state index contributed by atoms with van der Waals surface area (Å²) in [6, 6.07) is 4.87. The number of hydrogen-bond donors (Lipinski definition) is 1. The van der Waals surface area contributed by atoms with E-state index in [0.717, 1.165) is 0 Å². The second-order valence-corrected chi connectivity index (χ2v) is 4.85. The van der Waals surface area contributed by atoms with Crippen molar-refractivity contribution in [2.24, 2.45) is 11.7 Å². The number of hydrogen-bond acceptors (Lipinski definition) is 5. The molecule has 7 heteroatoms. The first-order chi connectivity index (χ1) is 10.1. The van der Waals surface area contributed by atoms with Gasteiger partial charge in [0.2, 0.25) is 5.91 Å². The minimum atomic E-state index is -0.629. The van der Waals surface area contributed by atoms with E-state index >= 15 is 0 Å². The largest absolute Gasteiger partial charge is 0.451 e. The van der Waals surface area contributed by atoms with Crippen LogP contribution in [0.4, 0.5) is 0 Å². The van der Waals surface area contributed by atoms with Crippen molar-refractivity contribution < 1.29 is 19.1 Å². The summed E-state index contributed by atoms with van der Waals surface area (Å²) in [7, 11) is 0. The highest BCUT2D eigenvalue weighted by Crippen LogP contribution is 2.16. The van der Waals surface area contributed by atoms with Crippen LogP contribution in [0.3, 0.4) is 0 Å². The van der Waals surface area contributed by atoms with E-state index in [1.165, 1.54) is 12.3 Å². The fourth-order valence-electron chi connectivity index (χ4n) is 2.19. The molecule has 7 nitrogen and oxygen atoms in total. The van der Waals surface area contributed by atoms with Crippen LogP contribution in [0.2, 0.25) is 0 Å². The summed E-state index contributed by atoms with van der Waals surface area (Å²) in [4.78, 5) is 40.0. The van der Waals surface area contributed by atoms with Crippen LogP contribution in [0.15, 0.2) is 24.4 Å². The van der Waals surface area contributed by atoms with Gasteiger partial charge in [-0.1, -0.05) is 6.07 Å². The van der Waals surface area contributed by atoms with Crippen LogP contribution in [0.5, 0.6) is 0 Å². The Morgan fingerprint density at radius 3 is 2.57 bits per heavy atom. The molecule has 0 aliphatic carbocycles. The molecule has 0 radical (unpaired) electrons. The van der Waals surface area contributed by atoms with Crippen LogP contribution in [0.25, 0.3) is 0 Å². The summed E-state index contributed by atoms with van der Waals surface area (Å²) in [5.41, 5.74) is 5.40. The maximum Gasteiger partial charge on any atom is 0.357 e. The average Bonchev–Trinajstić information content (AvgIpc) is 2.53. The lowest BCUT2D eigenvalue weighted by atomic mass is 9.96. The standard InChI is InChI=1S/C14H17N3O4/c15-13(19)10-4-7-17(8-5-10)12(18)9-21-14(20)11-3-1-2-6-16-11/h1-3,6,10H,4-5,7-9H2,(H2,15,19). The van der Waals surface area contributed by atoms with Gasteiger partial charge in [0.15, 0.2) is 6.61 Å². The Balaban J connectivity index is 1.78. The summed E-state index contributed by atoms with van der Waals surface area (Å²) in [5, 5.41) is 0.